The average Bonchev–Trinajstić information content (AvgIpc) is 2.98. The molecule has 1 heterocycles. The minimum atomic E-state index is -0.471. The summed E-state index contributed by atoms with van der Waals surface area (Å²) in [6.07, 6.45) is 0. The van der Waals surface area contributed by atoms with Crippen LogP contribution in [0.15, 0.2) is 52.4 Å². The van der Waals surface area contributed by atoms with Gasteiger partial charge in [0.05, 0.1) is 22.5 Å². The Morgan fingerprint density at radius 1 is 1.29 bits per heavy atom. The molecule has 1 atom stereocenters. The third-order valence-corrected chi connectivity index (χ3v) is 5.63. The molecule has 0 spiro atoms. The van der Waals surface area contributed by atoms with Crippen molar-refractivity contribution in [3.05, 3.63) is 74.7 Å². The summed E-state index contributed by atoms with van der Waals surface area (Å²) in [6, 6.07) is 13.4. The van der Waals surface area contributed by atoms with Gasteiger partial charge in [0, 0.05) is 0 Å². The predicted octanol–water partition coefficient (Wildman–Crippen LogP) is 4.01. The van der Waals surface area contributed by atoms with Gasteiger partial charge in [-0.2, -0.15) is 0 Å². The molecular formula is C20H21ClN4O2S. The van der Waals surface area contributed by atoms with Gasteiger partial charge in [-0.1, -0.05) is 59.8 Å². The van der Waals surface area contributed by atoms with Gasteiger partial charge in [0.2, 0.25) is 5.91 Å². The summed E-state index contributed by atoms with van der Waals surface area (Å²) in [7, 11) is 0. The van der Waals surface area contributed by atoms with Crippen LogP contribution in [0, 0.1) is 13.8 Å². The van der Waals surface area contributed by atoms with Crippen LogP contribution in [-0.2, 0) is 11.3 Å². The van der Waals surface area contributed by atoms with Crippen LogP contribution in [0.25, 0.3) is 0 Å². The van der Waals surface area contributed by atoms with Gasteiger partial charge >= 0.3 is 5.69 Å². The first-order valence-corrected chi connectivity index (χ1v) is 10.0. The van der Waals surface area contributed by atoms with E-state index in [9.17, 15) is 9.59 Å². The smallest absolute Gasteiger partial charge is 0.324 e. The summed E-state index contributed by atoms with van der Waals surface area (Å²) in [6.45, 7) is 6.00. The highest BCUT2D eigenvalue weighted by Crippen LogP contribution is 2.29. The van der Waals surface area contributed by atoms with E-state index in [1.54, 1.807) is 6.92 Å². The monoisotopic (exact) mass is 416 g/mol. The number of nitrogens with one attached hydrogen (secondary N) is 2. The largest absolute Gasteiger partial charge is 0.344 e. The number of rotatable bonds is 6. The number of hydrogen-bond donors (Lipinski definition) is 2. The number of amides is 1. The second-order valence-electron chi connectivity index (χ2n) is 6.57. The molecule has 2 N–H and O–H groups in total. The molecule has 0 bridgehead atoms. The lowest BCUT2D eigenvalue weighted by atomic mass is 10.1. The Kier molecular flexibility index (Phi) is 6.26. The van der Waals surface area contributed by atoms with Crippen molar-refractivity contribution in [2.75, 3.05) is 5.32 Å². The van der Waals surface area contributed by atoms with E-state index in [-0.39, 0.29) is 11.6 Å². The normalized spacial score (nSPS) is 12.0. The molecule has 8 heteroatoms. The quantitative estimate of drug-likeness (QED) is 0.595. The van der Waals surface area contributed by atoms with Crippen molar-refractivity contribution in [1.29, 1.82) is 0 Å². The van der Waals surface area contributed by atoms with Gasteiger partial charge in [0.1, 0.15) is 0 Å². The number of benzene rings is 2. The number of halogens is 1. The summed E-state index contributed by atoms with van der Waals surface area (Å²) in [5.74, 6) is -0.208. The Labute approximate surface area is 172 Å². The summed E-state index contributed by atoms with van der Waals surface area (Å²) in [5, 5.41) is 9.91. The number of hydrogen-bond acceptors (Lipinski definition) is 4. The van der Waals surface area contributed by atoms with Crippen LogP contribution >= 0.6 is 23.4 Å². The van der Waals surface area contributed by atoms with Crippen molar-refractivity contribution in [3.8, 4) is 0 Å². The van der Waals surface area contributed by atoms with Gasteiger partial charge < -0.3 is 5.32 Å². The lowest BCUT2D eigenvalue weighted by molar-refractivity contribution is -0.115. The first kappa shape index (κ1) is 20.2. The van der Waals surface area contributed by atoms with Gasteiger partial charge in [0.15, 0.2) is 5.16 Å². The van der Waals surface area contributed by atoms with E-state index in [0.29, 0.717) is 22.4 Å². The Bertz CT molecular complexity index is 1020. The van der Waals surface area contributed by atoms with E-state index < -0.39 is 5.25 Å². The number of carbonyl (C=O) groups excluding carboxylic acids is 1. The molecule has 0 aliphatic heterocycles. The van der Waals surface area contributed by atoms with Crippen molar-refractivity contribution < 1.29 is 4.79 Å². The minimum Gasteiger partial charge on any atom is -0.324 e. The lowest BCUT2D eigenvalue weighted by Gasteiger charge is -2.15. The maximum Gasteiger partial charge on any atom is 0.344 e. The number of aromatic amines is 1. The van der Waals surface area contributed by atoms with Crippen LogP contribution in [0.1, 0.15) is 23.6 Å². The van der Waals surface area contributed by atoms with Gasteiger partial charge in [-0.3, -0.25) is 9.36 Å². The Morgan fingerprint density at radius 3 is 2.68 bits per heavy atom. The summed E-state index contributed by atoms with van der Waals surface area (Å²) in [5.41, 5.74) is 3.21. The van der Waals surface area contributed by atoms with E-state index >= 15 is 0 Å². The van der Waals surface area contributed by atoms with Gasteiger partial charge in [0.25, 0.3) is 0 Å². The van der Waals surface area contributed by atoms with E-state index in [1.807, 2.05) is 56.3 Å². The molecule has 1 amide bonds. The van der Waals surface area contributed by atoms with Gasteiger partial charge in [-0.15, -0.1) is 5.10 Å². The summed E-state index contributed by atoms with van der Waals surface area (Å²) < 4.78 is 1.52. The molecule has 28 heavy (non-hydrogen) atoms. The predicted molar refractivity (Wildman–Crippen MR) is 113 cm³/mol. The van der Waals surface area contributed by atoms with Crippen molar-refractivity contribution >= 4 is 35.0 Å². The third-order valence-electron chi connectivity index (χ3n) is 4.24. The number of thioether (sulfide) groups is 1. The molecule has 0 fully saturated rings. The standard InChI is InChI=1S/C20H21ClN4O2S/c1-12-9-13(2)17(16(21)10-12)22-18(26)14(3)28-20-24-23-19(27)25(20)11-15-7-5-4-6-8-15/h4-10,14H,11H2,1-3H3,(H,22,26)(H,23,27). The zero-order valence-corrected chi connectivity index (χ0v) is 17.4. The van der Waals surface area contributed by atoms with Crippen LogP contribution in [0.5, 0.6) is 0 Å². The number of H-pyrrole nitrogens is 1. The number of carbonyl (C=O) groups is 1. The molecule has 0 aliphatic carbocycles. The molecule has 146 valence electrons. The number of aromatic nitrogens is 3. The molecule has 0 aliphatic rings. The Hall–Kier alpha value is -2.51. The van der Waals surface area contributed by atoms with Crippen molar-refractivity contribution in [1.82, 2.24) is 14.8 Å². The van der Waals surface area contributed by atoms with Crippen LogP contribution in [-0.4, -0.2) is 25.9 Å². The second-order valence-corrected chi connectivity index (χ2v) is 8.29. The Balaban J connectivity index is 1.74. The van der Waals surface area contributed by atoms with E-state index in [0.717, 1.165) is 16.7 Å². The summed E-state index contributed by atoms with van der Waals surface area (Å²) in [4.78, 5) is 24.8. The number of aryl methyl sites for hydroxylation is 2. The molecule has 0 saturated heterocycles. The highest BCUT2D eigenvalue weighted by Gasteiger charge is 2.20. The molecular weight excluding hydrogens is 396 g/mol. The van der Waals surface area contributed by atoms with E-state index in [2.05, 4.69) is 15.5 Å². The van der Waals surface area contributed by atoms with Crippen LogP contribution in [0.4, 0.5) is 5.69 Å². The molecule has 1 unspecified atom stereocenters. The number of nitrogens with zero attached hydrogens (tertiary/aromatic N) is 2. The maximum absolute atomic E-state index is 12.7. The van der Waals surface area contributed by atoms with Crippen LogP contribution < -0.4 is 11.0 Å². The highest BCUT2D eigenvalue weighted by molar-refractivity contribution is 8.00. The molecule has 6 nitrogen and oxygen atoms in total. The first-order valence-electron chi connectivity index (χ1n) is 8.78. The van der Waals surface area contributed by atoms with Gasteiger partial charge in [-0.05, 0) is 43.5 Å². The fourth-order valence-electron chi connectivity index (χ4n) is 2.81. The molecule has 2 aromatic carbocycles. The lowest BCUT2D eigenvalue weighted by Crippen LogP contribution is -2.24. The zero-order chi connectivity index (χ0) is 20.3. The molecule has 3 rings (SSSR count). The molecule has 1 aromatic heterocycles. The fraction of sp³-hybridized carbons (Fsp3) is 0.250. The Morgan fingerprint density at radius 2 is 2.00 bits per heavy atom. The third kappa shape index (κ3) is 4.66. The fourth-order valence-corrected chi connectivity index (χ4v) is 4.03. The maximum atomic E-state index is 12.7. The first-order chi connectivity index (χ1) is 13.3. The molecule has 0 saturated carbocycles. The molecule has 0 radical (unpaired) electrons. The van der Waals surface area contributed by atoms with E-state index in [1.165, 1.54) is 16.3 Å². The topological polar surface area (TPSA) is 79.8 Å². The zero-order valence-electron chi connectivity index (χ0n) is 15.8. The van der Waals surface area contributed by atoms with E-state index in [4.69, 9.17) is 11.6 Å². The van der Waals surface area contributed by atoms with Gasteiger partial charge in [-0.25, -0.2) is 9.89 Å². The van der Waals surface area contributed by atoms with Crippen molar-refractivity contribution in [2.24, 2.45) is 0 Å². The highest BCUT2D eigenvalue weighted by atomic mass is 35.5. The van der Waals surface area contributed by atoms with Crippen LogP contribution in [0.2, 0.25) is 5.02 Å². The number of anilines is 1. The second kappa shape index (κ2) is 8.67. The molecule has 3 aromatic rings. The average molecular weight is 417 g/mol. The van der Waals surface area contributed by atoms with Crippen molar-refractivity contribution in [3.63, 3.8) is 0 Å². The SMILES string of the molecule is Cc1cc(C)c(NC(=O)C(C)Sc2n[nH]c(=O)n2Cc2ccccc2)c(Cl)c1. The summed E-state index contributed by atoms with van der Waals surface area (Å²) >= 11 is 7.50. The minimum absolute atomic E-state index is 0.208. The van der Waals surface area contributed by atoms with Crippen LogP contribution in [0.3, 0.4) is 0 Å². The van der Waals surface area contributed by atoms with Crippen molar-refractivity contribution in [2.45, 2.75) is 37.7 Å².